The van der Waals surface area contributed by atoms with Crippen LogP contribution >= 0.6 is 11.3 Å². The maximum Gasteiger partial charge on any atom is 0.408 e. The second-order valence-electron chi connectivity index (χ2n) is 8.54. The lowest BCUT2D eigenvalue weighted by molar-refractivity contribution is -0.115. The molecule has 3 rings (SSSR count). The number of aromatic nitrogens is 1. The van der Waals surface area contributed by atoms with Crippen molar-refractivity contribution in [1.29, 1.82) is 0 Å². The predicted molar refractivity (Wildman–Crippen MR) is 122 cm³/mol. The molecular weight excluding hydrogens is 414 g/mol. The molecule has 1 heterocycles. The highest BCUT2D eigenvalue weighted by Gasteiger charge is 2.18. The highest BCUT2D eigenvalue weighted by atomic mass is 32.1. The molecule has 2 N–H and O–H groups in total. The van der Waals surface area contributed by atoms with Gasteiger partial charge in [-0.15, -0.1) is 11.3 Å². The summed E-state index contributed by atoms with van der Waals surface area (Å²) in [6, 6.07) is 5.72. The number of carbonyl (C=O) groups is 3. The lowest BCUT2D eigenvalue weighted by Crippen LogP contribution is -2.37. The zero-order valence-electron chi connectivity index (χ0n) is 18.2. The molecule has 1 aliphatic carbocycles. The van der Waals surface area contributed by atoms with Crippen LogP contribution in [0.2, 0.25) is 0 Å². The van der Waals surface area contributed by atoms with Crippen LogP contribution in [0.25, 0.3) is 17.3 Å². The summed E-state index contributed by atoms with van der Waals surface area (Å²) >= 11 is 1.28. The third-order valence-corrected chi connectivity index (χ3v) is 5.38. The van der Waals surface area contributed by atoms with Gasteiger partial charge in [-0.25, -0.2) is 9.78 Å². The molecule has 0 spiro atoms. The van der Waals surface area contributed by atoms with Gasteiger partial charge in [0.1, 0.15) is 12.1 Å². The van der Waals surface area contributed by atoms with Gasteiger partial charge in [-0.05, 0) is 44.7 Å². The molecule has 0 radical (unpaired) electrons. The first-order valence-corrected chi connectivity index (χ1v) is 11.1. The molecule has 1 aliphatic rings. The predicted octanol–water partition coefficient (Wildman–Crippen LogP) is 4.90. The number of allylic oxidation sites excluding steroid dienone is 1. The van der Waals surface area contributed by atoms with Crippen molar-refractivity contribution >= 4 is 40.3 Å². The lowest BCUT2D eigenvalue weighted by Gasteiger charge is -2.19. The number of carbonyl (C=O) groups excluding carboxylic acids is 3. The van der Waals surface area contributed by atoms with Crippen LogP contribution in [-0.2, 0) is 9.53 Å². The third kappa shape index (κ3) is 6.49. The number of rotatable bonds is 4. The van der Waals surface area contributed by atoms with Crippen LogP contribution in [-0.4, -0.2) is 34.9 Å². The molecule has 2 aromatic rings. The Hall–Kier alpha value is -3.00. The number of ketones is 1. The highest BCUT2D eigenvalue weighted by molar-refractivity contribution is 7.14. The van der Waals surface area contributed by atoms with Gasteiger partial charge in [0.2, 0.25) is 5.91 Å². The number of Topliss-reactive ketones (excluding diaryl/α,β-unsaturated/α-hetero) is 1. The Morgan fingerprint density at radius 3 is 2.81 bits per heavy atom. The van der Waals surface area contributed by atoms with Gasteiger partial charge in [0.15, 0.2) is 10.9 Å². The summed E-state index contributed by atoms with van der Waals surface area (Å²) in [4.78, 5) is 40.8. The van der Waals surface area contributed by atoms with E-state index in [0.29, 0.717) is 28.7 Å². The van der Waals surface area contributed by atoms with E-state index in [0.717, 1.165) is 17.5 Å². The standard InChI is InChI=1S/C23H27N3O4S/c1-14-5-7-15-8-9-16(11-17(15)19(27)10-6-14)18-13-31-21(25-18)26-20(28)12-24-22(29)30-23(2,3)4/h5,7-9,11,13-14H,6,10,12H2,1-4H3,(H,24,29)(H,25,26,28)/b7-5-. The van der Waals surface area contributed by atoms with Crippen LogP contribution in [0.5, 0.6) is 0 Å². The van der Waals surface area contributed by atoms with Gasteiger partial charge in [-0.1, -0.05) is 31.2 Å². The van der Waals surface area contributed by atoms with Crippen LogP contribution < -0.4 is 10.6 Å². The molecule has 164 valence electrons. The monoisotopic (exact) mass is 441 g/mol. The Morgan fingerprint density at radius 1 is 1.29 bits per heavy atom. The summed E-state index contributed by atoms with van der Waals surface area (Å²) in [7, 11) is 0. The number of ether oxygens (including phenoxy) is 1. The minimum atomic E-state index is -0.656. The molecule has 7 nitrogen and oxygen atoms in total. The van der Waals surface area contributed by atoms with Gasteiger partial charge in [-0.3, -0.25) is 9.59 Å². The zero-order valence-corrected chi connectivity index (χ0v) is 19.0. The molecule has 1 aromatic carbocycles. The normalized spacial score (nSPS) is 17.2. The second kappa shape index (κ2) is 9.43. The molecule has 1 aromatic heterocycles. The summed E-state index contributed by atoms with van der Waals surface area (Å²) in [5.74, 6) is 0.107. The summed E-state index contributed by atoms with van der Waals surface area (Å²) in [6.07, 6.45) is 4.84. The van der Waals surface area contributed by atoms with Crippen molar-refractivity contribution in [2.75, 3.05) is 11.9 Å². The number of nitrogens with one attached hydrogen (secondary N) is 2. The van der Waals surface area contributed by atoms with E-state index in [-0.39, 0.29) is 12.3 Å². The van der Waals surface area contributed by atoms with E-state index in [4.69, 9.17) is 4.74 Å². The molecule has 0 saturated carbocycles. The van der Waals surface area contributed by atoms with Crippen LogP contribution in [0.4, 0.5) is 9.93 Å². The number of amides is 2. The van der Waals surface area contributed by atoms with Crippen molar-refractivity contribution in [3.63, 3.8) is 0 Å². The van der Waals surface area contributed by atoms with E-state index < -0.39 is 17.6 Å². The average molecular weight is 442 g/mol. The fourth-order valence-corrected chi connectivity index (χ4v) is 3.79. The molecule has 0 bridgehead atoms. The van der Waals surface area contributed by atoms with E-state index in [9.17, 15) is 14.4 Å². The number of benzene rings is 1. The number of hydrogen-bond acceptors (Lipinski definition) is 6. The number of alkyl carbamates (subject to hydrolysis) is 1. The molecule has 0 saturated heterocycles. The maximum atomic E-state index is 12.6. The molecule has 2 amide bonds. The molecule has 31 heavy (non-hydrogen) atoms. The van der Waals surface area contributed by atoms with Gasteiger partial charge in [0, 0.05) is 22.9 Å². The van der Waals surface area contributed by atoms with Crippen LogP contribution in [0.3, 0.4) is 0 Å². The summed E-state index contributed by atoms with van der Waals surface area (Å²) < 4.78 is 5.10. The molecule has 0 fully saturated rings. The minimum absolute atomic E-state index is 0.130. The van der Waals surface area contributed by atoms with Crippen LogP contribution in [0.15, 0.2) is 29.7 Å². The zero-order chi connectivity index (χ0) is 22.6. The van der Waals surface area contributed by atoms with Crippen molar-refractivity contribution in [2.24, 2.45) is 5.92 Å². The van der Waals surface area contributed by atoms with Crippen molar-refractivity contribution in [3.8, 4) is 11.3 Å². The first-order chi connectivity index (χ1) is 14.6. The Kier molecular flexibility index (Phi) is 6.90. The maximum absolute atomic E-state index is 12.6. The molecule has 1 atom stereocenters. The van der Waals surface area contributed by atoms with Gasteiger partial charge in [0.05, 0.1) is 5.69 Å². The van der Waals surface area contributed by atoms with E-state index in [1.807, 2.05) is 29.7 Å². The lowest BCUT2D eigenvalue weighted by atomic mass is 9.91. The highest BCUT2D eigenvalue weighted by Crippen LogP contribution is 2.29. The topological polar surface area (TPSA) is 97.4 Å². The number of nitrogens with zero attached hydrogens (tertiary/aromatic N) is 1. The molecular formula is C23H27N3O4S. The quantitative estimate of drug-likeness (QED) is 0.703. The molecule has 8 heteroatoms. The van der Waals surface area contributed by atoms with Crippen LogP contribution in [0, 0.1) is 5.92 Å². The van der Waals surface area contributed by atoms with Gasteiger partial charge >= 0.3 is 6.09 Å². The van der Waals surface area contributed by atoms with Crippen LogP contribution in [0.1, 0.15) is 56.5 Å². The molecule has 0 aliphatic heterocycles. The number of fused-ring (bicyclic) bond motifs is 1. The molecule has 1 unspecified atom stereocenters. The van der Waals surface area contributed by atoms with E-state index >= 15 is 0 Å². The second-order valence-corrected chi connectivity index (χ2v) is 9.40. The third-order valence-electron chi connectivity index (χ3n) is 4.62. The average Bonchev–Trinajstić information content (AvgIpc) is 3.15. The number of hydrogen-bond donors (Lipinski definition) is 2. The Morgan fingerprint density at radius 2 is 2.06 bits per heavy atom. The fourth-order valence-electron chi connectivity index (χ4n) is 3.05. The van der Waals surface area contributed by atoms with E-state index in [1.54, 1.807) is 20.8 Å². The summed E-state index contributed by atoms with van der Waals surface area (Å²) in [6.45, 7) is 7.13. The van der Waals surface area contributed by atoms with Gasteiger partial charge in [0.25, 0.3) is 0 Å². The Balaban J connectivity index is 1.66. The Bertz CT molecular complexity index is 1020. The first kappa shape index (κ1) is 22.7. The van der Waals surface area contributed by atoms with Gasteiger partial charge < -0.3 is 15.4 Å². The summed E-state index contributed by atoms with van der Waals surface area (Å²) in [5, 5.41) is 7.31. The van der Waals surface area contributed by atoms with E-state index in [2.05, 4.69) is 28.6 Å². The largest absolute Gasteiger partial charge is 0.444 e. The van der Waals surface area contributed by atoms with E-state index in [1.165, 1.54) is 11.3 Å². The summed E-state index contributed by atoms with van der Waals surface area (Å²) in [5.41, 5.74) is 2.47. The number of anilines is 1. The number of thiazole rings is 1. The fraction of sp³-hybridized carbons (Fsp3) is 0.391. The Labute approximate surface area is 185 Å². The smallest absolute Gasteiger partial charge is 0.408 e. The van der Waals surface area contributed by atoms with Gasteiger partial charge in [-0.2, -0.15) is 0 Å². The van der Waals surface area contributed by atoms with Crippen molar-refractivity contribution in [3.05, 3.63) is 40.8 Å². The van der Waals surface area contributed by atoms with Crippen molar-refractivity contribution < 1.29 is 19.1 Å². The SMILES string of the molecule is CC1/C=C\c2ccc(-c3csc(NC(=O)CNC(=O)OC(C)(C)C)n3)cc2C(=O)CC1. The van der Waals surface area contributed by atoms with Crippen molar-refractivity contribution in [1.82, 2.24) is 10.3 Å². The van der Waals surface area contributed by atoms with Crippen molar-refractivity contribution in [2.45, 2.75) is 46.1 Å². The minimum Gasteiger partial charge on any atom is -0.444 e. The first-order valence-electron chi connectivity index (χ1n) is 10.2.